The summed E-state index contributed by atoms with van der Waals surface area (Å²) in [5.74, 6) is 1.32. The molecule has 0 aliphatic rings. The SMILES string of the molecule is O=C(Nc1ccc(-c2ccc(OCCCCOc3ccc(-c4ccc(NC(=O)c5ccccc5)c(=O)o4)cc3)cc2)oc1=O)c1ccccc1. The average molecular weight is 669 g/mol. The van der Waals surface area contributed by atoms with Gasteiger partial charge in [-0.05, 0) is 110 Å². The quantitative estimate of drug-likeness (QED) is 0.120. The van der Waals surface area contributed by atoms with Gasteiger partial charge in [-0.1, -0.05) is 36.4 Å². The molecule has 0 radical (unpaired) electrons. The number of ether oxygens (including phenoxy) is 2. The smallest absolute Gasteiger partial charge is 0.360 e. The number of hydrogen-bond acceptors (Lipinski definition) is 8. The van der Waals surface area contributed by atoms with Crippen LogP contribution in [0.2, 0.25) is 0 Å². The number of carbonyl (C=O) groups excluding carboxylic acids is 2. The van der Waals surface area contributed by atoms with Gasteiger partial charge in [0.1, 0.15) is 34.4 Å². The van der Waals surface area contributed by atoms with Gasteiger partial charge in [-0.2, -0.15) is 0 Å². The lowest BCUT2D eigenvalue weighted by atomic mass is 10.1. The number of benzene rings is 4. The molecule has 0 saturated carbocycles. The van der Waals surface area contributed by atoms with Crippen molar-refractivity contribution in [2.45, 2.75) is 12.8 Å². The lowest BCUT2D eigenvalue weighted by molar-refractivity contribution is 0.101. The number of rotatable bonds is 13. The van der Waals surface area contributed by atoms with Crippen molar-refractivity contribution >= 4 is 23.2 Å². The van der Waals surface area contributed by atoms with E-state index in [2.05, 4.69) is 10.6 Å². The van der Waals surface area contributed by atoms with E-state index in [1.54, 1.807) is 121 Å². The molecular weight excluding hydrogens is 636 g/mol. The molecule has 2 amide bonds. The third kappa shape index (κ3) is 8.61. The van der Waals surface area contributed by atoms with Crippen LogP contribution in [0.3, 0.4) is 0 Å². The van der Waals surface area contributed by atoms with Gasteiger partial charge in [0.2, 0.25) is 0 Å². The van der Waals surface area contributed by atoms with Crippen molar-refractivity contribution in [1.29, 1.82) is 0 Å². The molecule has 0 aliphatic carbocycles. The van der Waals surface area contributed by atoms with Crippen LogP contribution in [-0.2, 0) is 0 Å². The van der Waals surface area contributed by atoms with Crippen LogP contribution in [-0.4, -0.2) is 25.0 Å². The summed E-state index contributed by atoms with van der Waals surface area (Å²) < 4.78 is 22.6. The highest BCUT2D eigenvalue weighted by atomic mass is 16.5. The Morgan fingerprint density at radius 1 is 0.480 bits per heavy atom. The van der Waals surface area contributed by atoms with E-state index in [0.717, 1.165) is 12.8 Å². The van der Waals surface area contributed by atoms with Gasteiger partial charge in [0.15, 0.2) is 0 Å². The topological polar surface area (TPSA) is 137 Å². The minimum absolute atomic E-state index is 0.0629. The first-order chi connectivity index (χ1) is 24.4. The third-order valence-electron chi connectivity index (χ3n) is 7.57. The van der Waals surface area contributed by atoms with Crippen LogP contribution in [0.1, 0.15) is 33.6 Å². The molecule has 0 atom stereocenters. The van der Waals surface area contributed by atoms with Crippen LogP contribution in [0.15, 0.2) is 152 Å². The van der Waals surface area contributed by atoms with Gasteiger partial charge >= 0.3 is 11.3 Å². The van der Waals surface area contributed by atoms with E-state index in [-0.39, 0.29) is 11.4 Å². The Balaban J connectivity index is 0.915. The summed E-state index contributed by atoms with van der Waals surface area (Å²) >= 11 is 0. The predicted octanol–water partition coefficient (Wildman–Crippen LogP) is 7.67. The second-order valence-electron chi connectivity index (χ2n) is 11.1. The third-order valence-corrected chi connectivity index (χ3v) is 7.57. The first-order valence-electron chi connectivity index (χ1n) is 15.9. The fourth-order valence-electron chi connectivity index (χ4n) is 4.91. The highest BCUT2D eigenvalue weighted by molar-refractivity contribution is 6.04. The summed E-state index contributed by atoms with van der Waals surface area (Å²) in [7, 11) is 0. The van der Waals surface area contributed by atoms with Gasteiger partial charge in [0, 0.05) is 22.3 Å². The predicted molar refractivity (Wildman–Crippen MR) is 190 cm³/mol. The van der Waals surface area contributed by atoms with Gasteiger partial charge < -0.3 is 28.9 Å². The summed E-state index contributed by atoms with van der Waals surface area (Å²) in [5, 5.41) is 5.17. The van der Waals surface area contributed by atoms with Crippen molar-refractivity contribution < 1.29 is 27.9 Å². The molecule has 2 N–H and O–H groups in total. The summed E-state index contributed by atoms with van der Waals surface area (Å²) in [6.07, 6.45) is 1.53. The Bertz CT molecular complexity index is 2020. The van der Waals surface area contributed by atoms with Crippen molar-refractivity contribution in [2.75, 3.05) is 23.8 Å². The zero-order chi connectivity index (χ0) is 34.7. The summed E-state index contributed by atoms with van der Waals surface area (Å²) in [5.41, 5.74) is 1.11. The minimum Gasteiger partial charge on any atom is -0.494 e. The molecule has 0 fully saturated rings. The molecule has 0 unspecified atom stereocenters. The second kappa shape index (κ2) is 15.9. The molecule has 50 heavy (non-hydrogen) atoms. The van der Waals surface area contributed by atoms with Crippen LogP contribution >= 0.6 is 0 Å². The van der Waals surface area contributed by atoms with E-state index in [0.29, 0.717) is 58.5 Å². The molecule has 4 aromatic carbocycles. The van der Waals surface area contributed by atoms with Gasteiger partial charge in [-0.3, -0.25) is 9.59 Å². The number of hydrogen-bond donors (Lipinski definition) is 2. The van der Waals surface area contributed by atoms with E-state index in [4.69, 9.17) is 18.3 Å². The standard InChI is InChI=1S/C40H32N2O8/c43-37(29-9-3-1-4-10-29)41-33-21-23-35(49-39(33)45)27-13-17-31(18-14-27)47-25-7-8-26-48-32-19-15-28(16-20-32)36-24-22-34(40(46)50-36)42-38(44)30-11-5-2-6-12-30/h1-6,9-24H,7-8,25-26H2,(H,41,43)(H,42,44). The molecule has 2 heterocycles. The van der Waals surface area contributed by atoms with Gasteiger partial charge in [-0.25, -0.2) is 9.59 Å². The van der Waals surface area contributed by atoms with Crippen LogP contribution < -0.4 is 31.4 Å². The zero-order valence-corrected chi connectivity index (χ0v) is 26.8. The molecule has 6 aromatic rings. The Morgan fingerprint density at radius 3 is 1.22 bits per heavy atom. The second-order valence-corrected chi connectivity index (χ2v) is 11.1. The fourth-order valence-corrected chi connectivity index (χ4v) is 4.91. The molecule has 250 valence electrons. The average Bonchev–Trinajstić information content (AvgIpc) is 3.16. The molecule has 10 heteroatoms. The van der Waals surface area contributed by atoms with E-state index in [1.807, 2.05) is 0 Å². The molecule has 0 spiro atoms. The highest BCUT2D eigenvalue weighted by Gasteiger charge is 2.12. The Hall–Kier alpha value is -6.68. The van der Waals surface area contributed by atoms with Crippen molar-refractivity contribution in [3.63, 3.8) is 0 Å². The largest absolute Gasteiger partial charge is 0.494 e. The Labute approximate surface area is 286 Å². The number of nitrogens with one attached hydrogen (secondary N) is 2. The van der Waals surface area contributed by atoms with Crippen LogP contribution in [0, 0.1) is 0 Å². The number of unbranched alkanes of at least 4 members (excludes halogenated alkanes) is 1. The fraction of sp³-hybridized carbons (Fsp3) is 0.100. The first-order valence-corrected chi connectivity index (χ1v) is 15.9. The lowest BCUT2D eigenvalue weighted by Crippen LogP contribution is -2.17. The Morgan fingerprint density at radius 2 is 0.860 bits per heavy atom. The molecule has 0 bridgehead atoms. The monoisotopic (exact) mass is 668 g/mol. The van der Waals surface area contributed by atoms with E-state index >= 15 is 0 Å². The summed E-state index contributed by atoms with van der Waals surface area (Å²) in [6, 6.07) is 38.0. The number of anilines is 2. The maximum Gasteiger partial charge on any atom is 0.360 e. The summed E-state index contributed by atoms with van der Waals surface area (Å²) in [4.78, 5) is 49.7. The number of carbonyl (C=O) groups is 2. The maximum atomic E-state index is 12.5. The zero-order valence-electron chi connectivity index (χ0n) is 26.8. The van der Waals surface area contributed by atoms with Crippen LogP contribution in [0.25, 0.3) is 22.6 Å². The molecule has 2 aromatic heterocycles. The van der Waals surface area contributed by atoms with Crippen LogP contribution in [0.4, 0.5) is 11.4 Å². The summed E-state index contributed by atoms with van der Waals surface area (Å²) in [6.45, 7) is 0.987. The molecule has 0 aliphatic heterocycles. The molecule has 0 saturated heterocycles. The number of amides is 2. The van der Waals surface area contributed by atoms with Gasteiger partial charge in [0.05, 0.1) is 13.2 Å². The molecular formula is C40H32N2O8. The van der Waals surface area contributed by atoms with Gasteiger partial charge in [-0.15, -0.1) is 0 Å². The van der Waals surface area contributed by atoms with Gasteiger partial charge in [0.25, 0.3) is 11.8 Å². The van der Waals surface area contributed by atoms with Crippen LogP contribution in [0.5, 0.6) is 11.5 Å². The van der Waals surface area contributed by atoms with Crippen molar-refractivity contribution in [3.8, 4) is 34.1 Å². The molecule has 6 rings (SSSR count). The Kier molecular flexibility index (Phi) is 10.6. The van der Waals surface area contributed by atoms with Crippen molar-refractivity contribution in [3.05, 3.63) is 165 Å². The maximum absolute atomic E-state index is 12.5. The highest BCUT2D eigenvalue weighted by Crippen LogP contribution is 2.24. The van der Waals surface area contributed by atoms with Crippen molar-refractivity contribution in [1.82, 2.24) is 0 Å². The van der Waals surface area contributed by atoms with E-state index < -0.39 is 23.1 Å². The first kappa shape index (κ1) is 33.2. The van der Waals surface area contributed by atoms with Crippen molar-refractivity contribution in [2.24, 2.45) is 0 Å². The normalized spacial score (nSPS) is 10.6. The lowest BCUT2D eigenvalue weighted by Gasteiger charge is -2.09. The minimum atomic E-state index is -0.643. The van der Waals surface area contributed by atoms with E-state index in [1.165, 1.54) is 12.1 Å². The van der Waals surface area contributed by atoms with E-state index in [9.17, 15) is 19.2 Å². The molecule has 10 nitrogen and oxygen atoms in total.